The molecule has 0 unspecified atom stereocenters. The summed E-state index contributed by atoms with van der Waals surface area (Å²) >= 11 is 0. The Morgan fingerprint density at radius 2 is 2.00 bits per heavy atom. The summed E-state index contributed by atoms with van der Waals surface area (Å²) < 4.78 is 11.5. The van der Waals surface area contributed by atoms with Gasteiger partial charge in [0.05, 0.1) is 24.9 Å². The highest BCUT2D eigenvalue weighted by Gasteiger charge is 2.21. The van der Waals surface area contributed by atoms with Crippen LogP contribution in [-0.4, -0.2) is 55.3 Å². The van der Waals surface area contributed by atoms with E-state index in [2.05, 4.69) is 10.2 Å². The van der Waals surface area contributed by atoms with Gasteiger partial charge in [0.1, 0.15) is 5.52 Å². The standard InChI is InChI=1S/C20H28N4O2/c1-21-18-14-7-5-8-15(14)22-16-13-17(20(25-2)23-19(16)18)26-12-6-11-24-9-3-4-10-24/h13H,3-12H2,1-2H3,(H,21,22). The van der Waals surface area contributed by atoms with Gasteiger partial charge in [-0.05, 0) is 57.2 Å². The molecule has 1 fully saturated rings. The van der Waals surface area contributed by atoms with Crippen LogP contribution in [0.2, 0.25) is 0 Å². The molecule has 0 amide bonds. The summed E-state index contributed by atoms with van der Waals surface area (Å²) in [4.78, 5) is 12.1. The fraction of sp³-hybridized carbons (Fsp3) is 0.600. The maximum Gasteiger partial charge on any atom is 0.257 e. The van der Waals surface area contributed by atoms with Crippen LogP contribution in [0.3, 0.4) is 0 Å². The second kappa shape index (κ2) is 7.66. The number of rotatable bonds is 7. The second-order valence-corrected chi connectivity index (χ2v) is 7.13. The summed E-state index contributed by atoms with van der Waals surface area (Å²) in [6.45, 7) is 4.22. The molecule has 2 aliphatic rings. The summed E-state index contributed by atoms with van der Waals surface area (Å²) in [7, 11) is 3.59. The lowest BCUT2D eigenvalue weighted by Crippen LogP contribution is -2.22. The third kappa shape index (κ3) is 3.30. The van der Waals surface area contributed by atoms with Crippen molar-refractivity contribution in [2.75, 3.05) is 45.7 Å². The Morgan fingerprint density at radius 1 is 1.15 bits per heavy atom. The average molecular weight is 356 g/mol. The number of hydrogen-bond donors (Lipinski definition) is 1. The molecule has 2 aromatic heterocycles. The monoisotopic (exact) mass is 356 g/mol. The largest absolute Gasteiger partial charge is 0.488 e. The minimum absolute atomic E-state index is 0.537. The Labute approximate surface area is 154 Å². The Kier molecular flexibility index (Phi) is 5.11. The van der Waals surface area contributed by atoms with Crippen molar-refractivity contribution >= 4 is 16.7 Å². The molecule has 0 aromatic carbocycles. The van der Waals surface area contributed by atoms with Gasteiger partial charge >= 0.3 is 0 Å². The number of nitrogens with zero attached hydrogens (tertiary/aromatic N) is 3. The van der Waals surface area contributed by atoms with Crippen molar-refractivity contribution in [2.24, 2.45) is 0 Å². The molecule has 0 atom stereocenters. The van der Waals surface area contributed by atoms with Gasteiger partial charge in [-0.2, -0.15) is 0 Å². The van der Waals surface area contributed by atoms with Crippen LogP contribution in [0, 0.1) is 0 Å². The summed E-state index contributed by atoms with van der Waals surface area (Å²) in [6.07, 6.45) is 6.93. The fourth-order valence-electron chi connectivity index (χ4n) is 4.14. The molecular weight excluding hydrogens is 328 g/mol. The third-order valence-corrected chi connectivity index (χ3v) is 5.44. The molecular formula is C20H28N4O2. The quantitative estimate of drug-likeness (QED) is 0.770. The first-order valence-electron chi connectivity index (χ1n) is 9.73. The molecule has 4 rings (SSSR count). The molecule has 0 spiro atoms. The van der Waals surface area contributed by atoms with Crippen molar-refractivity contribution in [3.05, 3.63) is 17.3 Å². The van der Waals surface area contributed by atoms with Gasteiger partial charge in [-0.25, -0.2) is 4.98 Å². The van der Waals surface area contributed by atoms with Gasteiger partial charge in [0.25, 0.3) is 5.88 Å². The maximum atomic E-state index is 6.01. The van der Waals surface area contributed by atoms with E-state index in [0.717, 1.165) is 48.9 Å². The molecule has 1 saturated heterocycles. The molecule has 1 N–H and O–H groups in total. The predicted molar refractivity (Wildman–Crippen MR) is 103 cm³/mol. The molecule has 26 heavy (non-hydrogen) atoms. The Bertz CT molecular complexity index is 787. The average Bonchev–Trinajstić information content (AvgIpc) is 3.34. The lowest BCUT2D eigenvalue weighted by atomic mass is 10.1. The van der Waals surface area contributed by atoms with E-state index in [1.165, 1.54) is 37.2 Å². The van der Waals surface area contributed by atoms with Crippen LogP contribution in [0.15, 0.2) is 6.07 Å². The third-order valence-electron chi connectivity index (χ3n) is 5.44. The molecule has 6 heteroatoms. The maximum absolute atomic E-state index is 6.01. The summed E-state index contributed by atoms with van der Waals surface area (Å²) in [6, 6.07) is 1.98. The van der Waals surface area contributed by atoms with Crippen LogP contribution in [-0.2, 0) is 12.8 Å². The van der Waals surface area contributed by atoms with Crippen molar-refractivity contribution in [2.45, 2.75) is 38.5 Å². The molecule has 6 nitrogen and oxygen atoms in total. The zero-order chi connectivity index (χ0) is 17.9. The number of nitrogens with one attached hydrogen (secondary N) is 1. The Balaban J connectivity index is 1.55. The molecule has 140 valence electrons. The predicted octanol–water partition coefficient (Wildman–Crippen LogP) is 3.03. The summed E-state index contributed by atoms with van der Waals surface area (Å²) in [5.74, 6) is 1.23. The molecule has 0 bridgehead atoms. The number of ether oxygens (including phenoxy) is 2. The van der Waals surface area contributed by atoms with Crippen molar-refractivity contribution in [3.63, 3.8) is 0 Å². The van der Waals surface area contributed by atoms with Gasteiger partial charge in [-0.15, -0.1) is 0 Å². The molecule has 1 aliphatic heterocycles. The van der Waals surface area contributed by atoms with E-state index in [9.17, 15) is 0 Å². The molecule has 3 heterocycles. The second-order valence-electron chi connectivity index (χ2n) is 7.13. The van der Waals surface area contributed by atoms with Crippen LogP contribution in [0.25, 0.3) is 11.0 Å². The van der Waals surface area contributed by atoms with E-state index in [-0.39, 0.29) is 0 Å². The molecule has 1 aliphatic carbocycles. The number of aromatic nitrogens is 2. The Hall–Kier alpha value is -2.08. The lowest BCUT2D eigenvalue weighted by Gasteiger charge is -2.16. The zero-order valence-corrected chi connectivity index (χ0v) is 15.8. The SMILES string of the molecule is CNc1c2c(nc3cc(OCCCN4CCCC4)c(OC)nc13)CCC2. The minimum atomic E-state index is 0.537. The first-order chi connectivity index (χ1) is 12.8. The van der Waals surface area contributed by atoms with Crippen molar-refractivity contribution in [1.29, 1.82) is 0 Å². The first-order valence-corrected chi connectivity index (χ1v) is 9.73. The lowest BCUT2D eigenvalue weighted by molar-refractivity contribution is 0.252. The molecule has 0 radical (unpaired) electrons. The number of hydrogen-bond acceptors (Lipinski definition) is 6. The number of methoxy groups -OCH3 is 1. The van der Waals surface area contributed by atoms with Gasteiger partial charge in [-0.3, -0.25) is 4.98 Å². The smallest absolute Gasteiger partial charge is 0.257 e. The van der Waals surface area contributed by atoms with Crippen LogP contribution in [0.5, 0.6) is 11.6 Å². The molecule has 0 saturated carbocycles. The topological polar surface area (TPSA) is 59.5 Å². The summed E-state index contributed by atoms with van der Waals surface area (Å²) in [5.41, 5.74) is 5.32. The van der Waals surface area contributed by atoms with Crippen molar-refractivity contribution in [1.82, 2.24) is 14.9 Å². The normalized spacial score (nSPS) is 16.8. The van der Waals surface area contributed by atoms with E-state index in [1.54, 1.807) is 7.11 Å². The number of likely N-dealkylation sites (tertiary alicyclic amines) is 1. The van der Waals surface area contributed by atoms with Crippen LogP contribution in [0.4, 0.5) is 5.69 Å². The van der Waals surface area contributed by atoms with Crippen molar-refractivity contribution < 1.29 is 9.47 Å². The van der Waals surface area contributed by atoms with E-state index in [0.29, 0.717) is 18.2 Å². The van der Waals surface area contributed by atoms with E-state index < -0.39 is 0 Å². The number of anilines is 1. The van der Waals surface area contributed by atoms with E-state index in [1.807, 2.05) is 13.1 Å². The van der Waals surface area contributed by atoms with Crippen LogP contribution >= 0.6 is 0 Å². The summed E-state index contributed by atoms with van der Waals surface area (Å²) in [5, 5.41) is 3.32. The number of pyridine rings is 2. The number of fused-ring (bicyclic) bond motifs is 2. The van der Waals surface area contributed by atoms with Gasteiger partial charge in [0, 0.05) is 25.4 Å². The van der Waals surface area contributed by atoms with Crippen LogP contribution in [0.1, 0.15) is 36.9 Å². The van der Waals surface area contributed by atoms with E-state index in [4.69, 9.17) is 19.4 Å². The Morgan fingerprint density at radius 3 is 2.77 bits per heavy atom. The molecule has 2 aromatic rings. The first kappa shape index (κ1) is 17.3. The highest BCUT2D eigenvalue weighted by atomic mass is 16.5. The van der Waals surface area contributed by atoms with Gasteiger partial charge in [-0.1, -0.05) is 0 Å². The van der Waals surface area contributed by atoms with Crippen LogP contribution < -0.4 is 14.8 Å². The number of aryl methyl sites for hydroxylation is 1. The zero-order valence-electron chi connectivity index (χ0n) is 15.8. The highest BCUT2D eigenvalue weighted by Crippen LogP contribution is 2.37. The highest BCUT2D eigenvalue weighted by molar-refractivity contribution is 5.91. The minimum Gasteiger partial charge on any atom is -0.488 e. The van der Waals surface area contributed by atoms with Crippen molar-refractivity contribution in [3.8, 4) is 11.6 Å². The van der Waals surface area contributed by atoms with E-state index >= 15 is 0 Å². The fourth-order valence-corrected chi connectivity index (χ4v) is 4.14. The van der Waals surface area contributed by atoms with Gasteiger partial charge in [0.2, 0.25) is 0 Å². The van der Waals surface area contributed by atoms with Gasteiger partial charge in [0.15, 0.2) is 5.75 Å². The van der Waals surface area contributed by atoms with Gasteiger partial charge < -0.3 is 19.7 Å².